The van der Waals surface area contributed by atoms with Gasteiger partial charge in [-0.05, 0) is 18.2 Å². The van der Waals surface area contributed by atoms with Crippen LogP contribution in [0.1, 0.15) is 10.4 Å². The van der Waals surface area contributed by atoms with Crippen LogP contribution < -0.4 is 0 Å². The van der Waals surface area contributed by atoms with Gasteiger partial charge in [-0.15, -0.1) is 0 Å². The number of nitrogens with zero attached hydrogens (tertiary/aromatic N) is 2. The van der Waals surface area contributed by atoms with E-state index in [-0.39, 0.29) is 5.56 Å². The number of rotatable bonds is 2. The number of hydrazine groups is 1. The summed E-state index contributed by atoms with van der Waals surface area (Å²) in [6, 6.07) is 6.43. The van der Waals surface area contributed by atoms with Crippen LogP contribution >= 0.6 is 15.9 Å². The molecule has 6 heteroatoms. The van der Waals surface area contributed by atoms with E-state index in [4.69, 9.17) is 0 Å². The molecule has 0 aliphatic heterocycles. The molecule has 0 saturated carbocycles. The van der Waals surface area contributed by atoms with Crippen LogP contribution in [0.15, 0.2) is 28.7 Å². The van der Waals surface area contributed by atoms with Gasteiger partial charge in [0.05, 0.1) is 7.05 Å². The first-order chi connectivity index (χ1) is 6.52. The number of halogens is 1. The first-order valence-corrected chi connectivity index (χ1v) is 4.49. The van der Waals surface area contributed by atoms with Gasteiger partial charge in [-0.3, -0.25) is 4.79 Å². The Morgan fingerprint density at radius 3 is 2.71 bits per heavy atom. The van der Waals surface area contributed by atoms with Gasteiger partial charge in [-0.25, -0.2) is 10.1 Å². The number of hydrogen-bond acceptors (Lipinski definition) is 3. The Hall–Kier alpha value is -1.43. The lowest BCUT2D eigenvalue weighted by Crippen LogP contribution is -2.32. The van der Waals surface area contributed by atoms with Crippen molar-refractivity contribution in [2.24, 2.45) is 0 Å². The fourth-order valence-electron chi connectivity index (χ4n) is 0.883. The molecule has 0 N–H and O–H groups in total. The summed E-state index contributed by atoms with van der Waals surface area (Å²) in [7, 11) is 1.11. The predicted octanol–water partition coefficient (Wildman–Crippen LogP) is 1.71. The molecule has 1 aromatic carbocycles. The Morgan fingerprint density at radius 2 is 2.21 bits per heavy atom. The number of amides is 1. The van der Waals surface area contributed by atoms with Crippen LogP contribution in [0.4, 0.5) is 0 Å². The standard InChI is InChI=1S/C8H7BrN2O3/c1-10(11(13)14)8(12)6-3-2-4-7(9)5-6/h2-5H,1H3. The number of nitro groups is 1. The molecule has 14 heavy (non-hydrogen) atoms. The minimum absolute atomic E-state index is 0.276. The molecule has 0 atom stereocenters. The Kier molecular flexibility index (Phi) is 3.19. The van der Waals surface area contributed by atoms with Crippen molar-refractivity contribution in [2.75, 3.05) is 7.05 Å². The molecule has 0 radical (unpaired) electrons. The van der Waals surface area contributed by atoms with Crippen LogP contribution in [-0.4, -0.2) is 23.0 Å². The van der Waals surface area contributed by atoms with Crippen LogP contribution in [0.3, 0.4) is 0 Å². The van der Waals surface area contributed by atoms with Crippen LogP contribution in [0.5, 0.6) is 0 Å². The van der Waals surface area contributed by atoms with Gasteiger partial charge in [0.2, 0.25) is 0 Å². The smallest absolute Gasteiger partial charge is 0.263 e. The third-order valence-corrected chi connectivity index (χ3v) is 2.10. The molecule has 0 aromatic heterocycles. The van der Waals surface area contributed by atoms with Crippen molar-refractivity contribution in [1.82, 2.24) is 5.01 Å². The third-order valence-electron chi connectivity index (χ3n) is 1.61. The Morgan fingerprint density at radius 1 is 1.57 bits per heavy atom. The van der Waals surface area contributed by atoms with E-state index in [1.807, 2.05) is 0 Å². The second-order valence-corrected chi connectivity index (χ2v) is 3.49. The van der Waals surface area contributed by atoms with Crippen molar-refractivity contribution in [3.8, 4) is 0 Å². The molecule has 0 aliphatic carbocycles. The average Bonchev–Trinajstić information content (AvgIpc) is 2.15. The van der Waals surface area contributed by atoms with Crippen LogP contribution in [0, 0.1) is 10.1 Å². The Balaban J connectivity index is 2.95. The maximum absolute atomic E-state index is 11.4. The molecule has 1 aromatic rings. The highest BCUT2D eigenvalue weighted by Gasteiger charge is 2.19. The zero-order valence-corrected chi connectivity index (χ0v) is 8.89. The molecule has 0 fully saturated rings. The molecular weight excluding hydrogens is 252 g/mol. The zero-order valence-electron chi connectivity index (χ0n) is 7.31. The molecule has 0 saturated heterocycles. The molecule has 0 bridgehead atoms. The minimum Gasteiger partial charge on any atom is -0.263 e. The summed E-state index contributed by atoms with van der Waals surface area (Å²) in [5.74, 6) is -0.642. The van der Waals surface area contributed by atoms with Crippen molar-refractivity contribution in [3.63, 3.8) is 0 Å². The van der Waals surface area contributed by atoms with E-state index in [1.54, 1.807) is 12.1 Å². The number of hydrogen-bond donors (Lipinski definition) is 0. The summed E-state index contributed by atoms with van der Waals surface area (Å²) in [4.78, 5) is 21.7. The van der Waals surface area contributed by atoms with E-state index in [0.29, 0.717) is 9.48 Å². The first kappa shape index (κ1) is 10.6. The van der Waals surface area contributed by atoms with Gasteiger partial charge in [0, 0.05) is 10.0 Å². The predicted molar refractivity (Wildman–Crippen MR) is 53.2 cm³/mol. The normalized spacial score (nSPS) is 9.57. The Labute approximate surface area is 88.6 Å². The van der Waals surface area contributed by atoms with Crippen LogP contribution in [-0.2, 0) is 0 Å². The van der Waals surface area contributed by atoms with E-state index in [2.05, 4.69) is 15.9 Å². The van der Waals surface area contributed by atoms with E-state index < -0.39 is 10.9 Å². The molecule has 0 spiro atoms. The molecule has 74 valence electrons. The quantitative estimate of drug-likeness (QED) is 0.600. The first-order valence-electron chi connectivity index (χ1n) is 3.70. The number of carbonyl (C=O) groups excluding carboxylic acids is 1. The Bertz CT molecular complexity index is 381. The van der Waals surface area contributed by atoms with Crippen molar-refractivity contribution in [2.45, 2.75) is 0 Å². The van der Waals surface area contributed by atoms with Gasteiger partial charge >= 0.3 is 5.91 Å². The summed E-state index contributed by atoms with van der Waals surface area (Å²) >= 11 is 3.18. The number of benzene rings is 1. The third kappa shape index (κ3) is 2.29. The van der Waals surface area contributed by atoms with E-state index >= 15 is 0 Å². The summed E-state index contributed by atoms with van der Waals surface area (Å²) in [5, 5.41) is 9.98. The van der Waals surface area contributed by atoms with Gasteiger partial charge in [-0.2, -0.15) is 0 Å². The second-order valence-electron chi connectivity index (χ2n) is 2.58. The summed E-state index contributed by atoms with van der Waals surface area (Å²) in [6.07, 6.45) is 0. The molecule has 5 nitrogen and oxygen atoms in total. The van der Waals surface area contributed by atoms with E-state index in [1.165, 1.54) is 12.1 Å². The maximum Gasteiger partial charge on any atom is 0.313 e. The molecule has 0 aliphatic rings. The minimum atomic E-state index is -0.761. The van der Waals surface area contributed by atoms with E-state index in [0.717, 1.165) is 7.05 Å². The van der Waals surface area contributed by atoms with Crippen LogP contribution in [0.2, 0.25) is 0 Å². The van der Waals surface area contributed by atoms with Crippen LogP contribution in [0.25, 0.3) is 0 Å². The molecular formula is C8H7BrN2O3. The highest BCUT2D eigenvalue weighted by Crippen LogP contribution is 2.12. The zero-order chi connectivity index (χ0) is 10.7. The molecule has 0 heterocycles. The van der Waals surface area contributed by atoms with Gasteiger partial charge in [0.25, 0.3) is 0 Å². The monoisotopic (exact) mass is 258 g/mol. The fourth-order valence-corrected chi connectivity index (χ4v) is 1.28. The highest BCUT2D eigenvalue weighted by molar-refractivity contribution is 9.10. The lowest BCUT2D eigenvalue weighted by molar-refractivity contribution is -0.625. The van der Waals surface area contributed by atoms with Gasteiger partial charge in [0.1, 0.15) is 0 Å². The lowest BCUT2D eigenvalue weighted by atomic mass is 10.2. The number of carbonyl (C=O) groups is 1. The van der Waals surface area contributed by atoms with E-state index in [9.17, 15) is 14.9 Å². The summed E-state index contributed by atoms with van der Waals surface area (Å²) < 4.78 is 0.708. The fraction of sp³-hybridized carbons (Fsp3) is 0.125. The summed E-state index contributed by atoms with van der Waals surface area (Å²) in [6.45, 7) is 0. The van der Waals surface area contributed by atoms with Gasteiger partial charge in [-0.1, -0.05) is 27.0 Å². The largest absolute Gasteiger partial charge is 0.313 e. The molecule has 1 rings (SSSR count). The van der Waals surface area contributed by atoms with Gasteiger partial charge < -0.3 is 0 Å². The second kappa shape index (κ2) is 4.19. The maximum atomic E-state index is 11.4. The van der Waals surface area contributed by atoms with Crippen molar-refractivity contribution >= 4 is 21.8 Å². The molecule has 0 unspecified atom stereocenters. The van der Waals surface area contributed by atoms with Crippen molar-refractivity contribution in [1.29, 1.82) is 0 Å². The SMILES string of the molecule is CN(C(=O)c1cccc(Br)c1)[N+](=O)[O-]. The van der Waals surface area contributed by atoms with Gasteiger partial charge in [0.15, 0.2) is 5.03 Å². The average molecular weight is 259 g/mol. The molecule has 1 amide bonds. The topological polar surface area (TPSA) is 63.5 Å². The van der Waals surface area contributed by atoms with Crippen molar-refractivity contribution < 1.29 is 9.83 Å². The summed E-state index contributed by atoms with van der Waals surface area (Å²) in [5.41, 5.74) is 0.276. The lowest BCUT2D eigenvalue weighted by Gasteiger charge is -2.06. The van der Waals surface area contributed by atoms with Crippen molar-refractivity contribution in [3.05, 3.63) is 44.4 Å². The highest BCUT2D eigenvalue weighted by atomic mass is 79.9.